The Morgan fingerprint density at radius 2 is 1.74 bits per heavy atom. The molecule has 1 aromatic heterocycles. The summed E-state index contributed by atoms with van der Waals surface area (Å²) < 4.78 is 48.4. The van der Waals surface area contributed by atoms with Gasteiger partial charge in [-0.05, 0) is 67.0 Å². The number of benzene rings is 3. The number of alkyl halides is 3. The molecule has 2 aliphatic carbocycles. The molecule has 3 fully saturated rings. The molecule has 4 aliphatic rings. The highest BCUT2D eigenvalue weighted by molar-refractivity contribution is 8.00. The Labute approximate surface area is 274 Å². The Kier molecular flexibility index (Phi) is 6.97. The lowest BCUT2D eigenvalue weighted by Gasteiger charge is -2.43. The van der Waals surface area contributed by atoms with Crippen molar-refractivity contribution in [3.8, 4) is 5.75 Å². The van der Waals surface area contributed by atoms with E-state index in [1.54, 1.807) is 6.07 Å². The van der Waals surface area contributed by atoms with E-state index in [1.807, 2.05) is 43.3 Å². The molecule has 0 spiro atoms. The van der Waals surface area contributed by atoms with Crippen LogP contribution in [0.5, 0.6) is 5.75 Å². The molecule has 236 valence electrons. The van der Waals surface area contributed by atoms with Crippen molar-refractivity contribution in [2.75, 3.05) is 4.90 Å². The number of amides is 2. The van der Waals surface area contributed by atoms with Gasteiger partial charge in [-0.1, -0.05) is 64.9 Å². The number of rotatable bonds is 5. The molecule has 1 N–H and O–H groups in total. The molecule has 7 atom stereocenters. The summed E-state index contributed by atoms with van der Waals surface area (Å²) in [5.41, 5.74) is 1.44. The molecule has 2 saturated carbocycles. The third kappa shape index (κ3) is 4.57. The molecule has 2 amide bonds. The minimum atomic E-state index is -4.73. The fraction of sp³-hybridized carbons (Fsp3) is 0.324. The van der Waals surface area contributed by atoms with Crippen molar-refractivity contribution in [2.45, 2.75) is 42.3 Å². The van der Waals surface area contributed by atoms with E-state index in [0.717, 1.165) is 43.9 Å². The molecule has 12 heteroatoms. The molecule has 6 nitrogen and oxygen atoms in total. The molecule has 0 radical (unpaired) electrons. The van der Waals surface area contributed by atoms with Crippen LogP contribution in [0.2, 0.25) is 5.02 Å². The Morgan fingerprint density at radius 3 is 2.50 bits per heavy atom. The van der Waals surface area contributed by atoms with Crippen LogP contribution < -0.4 is 14.5 Å². The number of aromatic nitrogens is 1. The lowest BCUT2D eigenvalue weighted by molar-refractivity contribution is -0.137. The fourth-order valence-electron chi connectivity index (χ4n) is 8.37. The first kappa shape index (κ1) is 29.8. The summed E-state index contributed by atoms with van der Waals surface area (Å²) in [4.78, 5) is 45.1. The average Bonchev–Trinajstić information content (AvgIpc) is 3.75. The molecule has 2 bridgehead atoms. The van der Waals surface area contributed by atoms with Crippen LogP contribution in [0.4, 0.5) is 18.9 Å². The van der Waals surface area contributed by atoms with Gasteiger partial charge in [-0.15, -0.1) is 11.8 Å². The smallest absolute Gasteiger partial charge is 0.418 e. The quantitative estimate of drug-likeness (QED) is 0.219. The van der Waals surface area contributed by atoms with Crippen molar-refractivity contribution in [2.24, 2.45) is 29.6 Å². The van der Waals surface area contributed by atoms with Gasteiger partial charge in [0.15, 0.2) is 0 Å². The summed E-state index contributed by atoms with van der Waals surface area (Å²) >= 11 is 9.19. The summed E-state index contributed by atoms with van der Waals surface area (Å²) in [5, 5.41) is 1.05. The Bertz CT molecular complexity index is 1980. The fourth-order valence-corrected chi connectivity index (χ4v) is 11.4. The van der Waals surface area contributed by atoms with Gasteiger partial charge in [-0.3, -0.25) is 14.4 Å². The number of hydrogen-bond acceptors (Lipinski definition) is 6. The van der Waals surface area contributed by atoms with E-state index < -0.39 is 41.1 Å². The van der Waals surface area contributed by atoms with Crippen molar-refractivity contribution in [1.82, 2.24) is 4.98 Å². The number of ether oxygens (including phenoxy) is 1. The summed E-state index contributed by atoms with van der Waals surface area (Å²) in [6.45, 7) is 2.31. The molecule has 2 aliphatic heterocycles. The second kappa shape index (κ2) is 10.7. The number of nitrogens with zero attached hydrogens (tertiary/aromatic N) is 1. The number of para-hydroxylation sites is 1. The molecule has 5 unspecified atom stereocenters. The maximum atomic E-state index is 14.1. The first-order valence-corrected chi connectivity index (χ1v) is 17.0. The van der Waals surface area contributed by atoms with Crippen molar-refractivity contribution in [3.63, 3.8) is 0 Å². The molecule has 3 aromatic carbocycles. The van der Waals surface area contributed by atoms with E-state index in [0.29, 0.717) is 28.8 Å². The maximum absolute atomic E-state index is 14.1. The zero-order valence-corrected chi connectivity index (χ0v) is 26.6. The Morgan fingerprint density at radius 1 is 0.978 bits per heavy atom. The monoisotopic (exact) mass is 682 g/mol. The SMILES string of the molecule is Cc1cccc(COc2ccc(Cl)cc2C2c3sc(=O)[nH]c3SC3C2[C@H]2C[C@@H]3C3C(=O)N(c4ccccc4C(F)(F)F)C(=O)C32)c1. The lowest BCUT2D eigenvalue weighted by Crippen LogP contribution is -2.42. The summed E-state index contributed by atoms with van der Waals surface area (Å²) in [7, 11) is 0. The summed E-state index contributed by atoms with van der Waals surface area (Å²) in [5.74, 6) is -3.13. The predicted octanol–water partition coefficient (Wildman–Crippen LogP) is 7.67. The Hall–Kier alpha value is -3.54. The van der Waals surface area contributed by atoms with Crippen molar-refractivity contribution < 1.29 is 27.5 Å². The van der Waals surface area contributed by atoms with Crippen LogP contribution in [0.3, 0.4) is 0 Å². The van der Waals surface area contributed by atoms with Gasteiger partial charge in [0.2, 0.25) is 11.8 Å². The Balaban J connectivity index is 1.20. The van der Waals surface area contributed by atoms with Gasteiger partial charge in [-0.2, -0.15) is 13.2 Å². The molecule has 1 saturated heterocycles. The number of anilines is 1. The third-order valence-electron chi connectivity index (χ3n) is 9.96. The molecule has 4 aromatic rings. The number of carbonyl (C=O) groups is 2. The van der Waals surface area contributed by atoms with E-state index >= 15 is 0 Å². The molecule has 8 rings (SSSR count). The number of aryl methyl sites for hydroxylation is 1. The van der Waals surface area contributed by atoms with Crippen molar-refractivity contribution >= 4 is 52.2 Å². The number of thioether (sulfide) groups is 1. The second-order valence-corrected chi connectivity index (χ2v) is 15.1. The number of halogens is 4. The predicted molar refractivity (Wildman–Crippen MR) is 169 cm³/mol. The van der Waals surface area contributed by atoms with E-state index in [9.17, 15) is 27.6 Å². The van der Waals surface area contributed by atoms with Gasteiger partial charge in [0.1, 0.15) is 12.4 Å². The van der Waals surface area contributed by atoms with Crippen LogP contribution >= 0.6 is 34.7 Å². The number of H-pyrrole nitrogens is 1. The number of imide groups is 1. The van der Waals surface area contributed by atoms with Crippen LogP contribution in [0.15, 0.2) is 76.6 Å². The summed E-state index contributed by atoms with van der Waals surface area (Å²) in [6.07, 6.45) is -4.13. The number of hydrogen-bond donors (Lipinski definition) is 1. The number of thiazole rings is 1. The highest BCUT2D eigenvalue weighted by Crippen LogP contribution is 2.69. The number of carbonyl (C=O) groups excluding carboxylic acids is 2. The highest BCUT2D eigenvalue weighted by atomic mass is 35.5. The number of aromatic amines is 1. The van der Waals surface area contributed by atoms with E-state index in [1.165, 1.54) is 30.0 Å². The second-order valence-electron chi connectivity index (χ2n) is 12.4. The van der Waals surface area contributed by atoms with Gasteiger partial charge < -0.3 is 9.72 Å². The van der Waals surface area contributed by atoms with Gasteiger partial charge in [-0.25, -0.2) is 4.90 Å². The van der Waals surface area contributed by atoms with Gasteiger partial charge in [0, 0.05) is 26.6 Å². The van der Waals surface area contributed by atoms with Crippen LogP contribution in [-0.4, -0.2) is 22.0 Å². The maximum Gasteiger partial charge on any atom is 0.418 e. The minimum absolute atomic E-state index is 0.146. The molecule has 46 heavy (non-hydrogen) atoms. The van der Waals surface area contributed by atoms with Crippen molar-refractivity contribution in [3.05, 3.63) is 109 Å². The van der Waals surface area contributed by atoms with Crippen molar-refractivity contribution in [1.29, 1.82) is 0 Å². The van der Waals surface area contributed by atoms with Crippen LogP contribution in [0.25, 0.3) is 0 Å². The van der Waals surface area contributed by atoms with Gasteiger partial charge >= 0.3 is 11.0 Å². The largest absolute Gasteiger partial charge is 0.489 e. The van der Waals surface area contributed by atoms with Crippen LogP contribution in [0.1, 0.15) is 39.5 Å². The highest BCUT2D eigenvalue weighted by Gasteiger charge is 2.70. The van der Waals surface area contributed by atoms with Crippen LogP contribution in [-0.2, 0) is 22.4 Å². The molecular weight excluding hydrogens is 657 g/mol. The topological polar surface area (TPSA) is 79.5 Å². The average molecular weight is 683 g/mol. The summed E-state index contributed by atoms with van der Waals surface area (Å²) in [6, 6.07) is 18.1. The third-order valence-corrected chi connectivity index (χ3v) is 12.8. The zero-order valence-electron chi connectivity index (χ0n) is 24.2. The van der Waals surface area contributed by atoms with Gasteiger partial charge in [0.25, 0.3) is 0 Å². The zero-order chi connectivity index (χ0) is 32.1. The normalized spacial score (nSPS) is 27.9. The lowest BCUT2D eigenvalue weighted by atomic mass is 9.68. The van der Waals surface area contributed by atoms with E-state index in [4.69, 9.17) is 16.3 Å². The molecular formula is C34H26ClF3N2O4S2. The first-order valence-electron chi connectivity index (χ1n) is 14.9. The standard InChI is InChI=1S/C34H26ClF3N2O4S2/c1-15-5-4-6-16(11-15)14-44-23-10-9-17(35)12-18(23)24-25-19-13-20(28(25)45-30-29(24)46-33(43)39-30)27-26(19)31(41)40(32(27)42)22-8-3-2-7-21(22)34(36,37)38/h2-12,19-20,24-28H,13-14H2,1H3,(H,39,43)/t19-,20-,24?,25?,26?,27?,28?/m1/s1. The number of fused-ring (bicyclic) bond motifs is 9. The van der Waals surface area contributed by atoms with Gasteiger partial charge in [0.05, 0.1) is 28.1 Å². The van der Waals surface area contributed by atoms with E-state index in [-0.39, 0.29) is 33.8 Å². The van der Waals surface area contributed by atoms with E-state index in [2.05, 4.69) is 4.98 Å². The molecule has 3 heterocycles. The first-order chi connectivity index (χ1) is 22.0. The minimum Gasteiger partial charge on any atom is -0.489 e. The van der Waals surface area contributed by atoms with Crippen LogP contribution in [0, 0.1) is 36.5 Å². The number of nitrogens with one attached hydrogen (secondary N) is 1.